The molecular formula is C30H37F6NO10S2. The van der Waals surface area contributed by atoms with Gasteiger partial charge in [-0.15, -0.1) is 11.8 Å². The molecule has 0 aromatic heterocycles. The number of thioether (sulfide) groups is 1. The number of hydrogen-bond donors (Lipinski definition) is 1. The first-order chi connectivity index (χ1) is 22.4. The minimum atomic E-state index is -5.96. The summed E-state index contributed by atoms with van der Waals surface area (Å²) in [7, 11) is -5.96. The predicted octanol–water partition coefficient (Wildman–Crippen LogP) is 3.89. The average molecular weight is 750 g/mol. The molecule has 4 saturated carbocycles. The molecule has 6 bridgehead atoms. The lowest BCUT2D eigenvalue weighted by Gasteiger charge is -2.62. The number of rotatable bonds is 6. The van der Waals surface area contributed by atoms with Crippen LogP contribution in [0.3, 0.4) is 0 Å². The summed E-state index contributed by atoms with van der Waals surface area (Å²) in [6.07, 6.45) is -2.44. The van der Waals surface area contributed by atoms with Crippen LogP contribution in [0.2, 0.25) is 0 Å². The molecule has 8 rings (SSSR count). The summed E-state index contributed by atoms with van der Waals surface area (Å²) in [5, 5.41) is -6.37. The van der Waals surface area contributed by atoms with Gasteiger partial charge in [-0.1, -0.05) is 0 Å². The zero-order chi connectivity index (χ0) is 36.1. The van der Waals surface area contributed by atoms with Crippen LogP contribution in [0.25, 0.3) is 0 Å². The van der Waals surface area contributed by atoms with Gasteiger partial charge in [-0.05, 0) is 65.7 Å². The quantitative estimate of drug-likeness (QED) is 0.240. The van der Waals surface area contributed by atoms with Crippen molar-refractivity contribution in [2.24, 2.45) is 35.0 Å². The van der Waals surface area contributed by atoms with Crippen molar-refractivity contribution in [3.05, 3.63) is 0 Å². The zero-order valence-electron chi connectivity index (χ0n) is 26.9. The van der Waals surface area contributed by atoms with Gasteiger partial charge in [-0.2, -0.15) is 34.8 Å². The smallest absolute Gasteiger partial charge is 0.405 e. The number of fused-ring (bicyclic) bond motifs is 1. The number of carbonyl (C=O) groups is 3. The third-order valence-corrected chi connectivity index (χ3v) is 14.6. The molecule has 4 aliphatic heterocycles. The molecule has 4 aliphatic carbocycles. The molecular weight excluding hydrogens is 712 g/mol. The number of halogens is 6. The van der Waals surface area contributed by atoms with Crippen LogP contribution in [-0.2, 0) is 43.4 Å². The summed E-state index contributed by atoms with van der Waals surface area (Å²) in [6, 6.07) is -0.699. The Morgan fingerprint density at radius 3 is 2.06 bits per heavy atom. The van der Waals surface area contributed by atoms with Gasteiger partial charge < -0.3 is 23.8 Å². The van der Waals surface area contributed by atoms with Gasteiger partial charge in [0.25, 0.3) is 0 Å². The molecule has 1 spiro atoms. The highest BCUT2D eigenvalue weighted by molar-refractivity contribution is 8.01. The Hall–Kier alpha value is -1.83. The molecule has 4 heterocycles. The Kier molecular flexibility index (Phi) is 7.71. The first-order valence-corrected chi connectivity index (χ1v) is 18.5. The molecule has 0 aromatic carbocycles. The van der Waals surface area contributed by atoms with Crippen LogP contribution < -0.4 is 0 Å². The van der Waals surface area contributed by atoms with Gasteiger partial charge in [0, 0.05) is 22.6 Å². The minimum absolute atomic E-state index is 0.0485. The summed E-state index contributed by atoms with van der Waals surface area (Å²) < 4.78 is 139. The van der Waals surface area contributed by atoms with Crippen molar-refractivity contribution in [1.82, 2.24) is 4.90 Å². The van der Waals surface area contributed by atoms with Crippen molar-refractivity contribution in [3.63, 3.8) is 0 Å². The van der Waals surface area contributed by atoms with Gasteiger partial charge in [0.15, 0.2) is 11.9 Å². The van der Waals surface area contributed by atoms with E-state index in [0.29, 0.717) is 26.2 Å². The van der Waals surface area contributed by atoms with E-state index in [0.717, 1.165) is 0 Å². The Morgan fingerprint density at radius 1 is 1.00 bits per heavy atom. The van der Waals surface area contributed by atoms with Crippen LogP contribution in [0.1, 0.15) is 59.8 Å². The normalized spacial score (nSPS) is 42.0. The summed E-state index contributed by atoms with van der Waals surface area (Å²) in [5.41, 5.74) is -1.99. The fourth-order valence-corrected chi connectivity index (χ4v) is 12.4. The Labute approximate surface area is 282 Å². The molecule has 8 aliphatic rings. The second-order valence-corrected chi connectivity index (χ2v) is 18.7. The highest BCUT2D eigenvalue weighted by atomic mass is 32.2. The fourth-order valence-electron chi connectivity index (χ4n) is 9.89. The second kappa shape index (κ2) is 10.6. The number of amides is 1. The van der Waals surface area contributed by atoms with Crippen LogP contribution in [0, 0.1) is 35.0 Å². The summed E-state index contributed by atoms with van der Waals surface area (Å²) >= 11 is 1.18. The number of hydrogen-bond acceptors (Lipinski definition) is 10. The van der Waals surface area contributed by atoms with Gasteiger partial charge in [-0.25, -0.2) is 0 Å². The van der Waals surface area contributed by atoms with Gasteiger partial charge in [0.2, 0.25) is 5.91 Å². The monoisotopic (exact) mass is 749 g/mol. The molecule has 1 N–H and O–H groups in total. The molecule has 19 heteroatoms. The zero-order valence-corrected chi connectivity index (χ0v) is 28.5. The number of esters is 2. The highest BCUT2D eigenvalue weighted by Crippen LogP contribution is 2.67. The van der Waals surface area contributed by atoms with Gasteiger partial charge >= 0.3 is 39.2 Å². The maximum Gasteiger partial charge on any atom is 0.405 e. The van der Waals surface area contributed by atoms with Crippen LogP contribution in [-0.4, -0.2) is 106 Å². The molecule has 11 nitrogen and oxygen atoms in total. The van der Waals surface area contributed by atoms with Gasteiger partial charge in [0.05, 0.1) is 28.5 Å². The van der Waals surface area contributed by atoms with Crippen LogP contribution in [0.4, 0.5) is 26.3 Å². The molecule has 276 valence electrons. The largest absolute Gasteiger partial charge is 0.458 e. The molecule has 1 amide bonds. The van der Waals surface area contributed by atoms with Crippen LogP contribution in [0.5, 0.6) is 0 Å². The Balaban J connectivity index is 1.15. The summed E-state index contributed by atoms with van der Waals surface area (Å²) in [6.45, 7) is 2.74. The lowest BCUT2D eigenvalue weighted by Crippen LogP contribution is -2.65. The first-order valence-electron chi connectivity index (χ1n) is 16.2. The molecule has 4 saturated heterocycles. The van der Waals surface area contributed by atoms with E-state index >= 15 is 0 Å². The van der Waals surface area contributed by atoms with Crippen molar-refractivity contribution < 1.29 is 72.6 Å². The number of carbonyl (C=O) groups excluding carboxylic acids is 3. The maximum atomic E-state index is 14.3. The molecule has 49 heavy (non-hydrogen) atoms. The van der Waals surface area contributed by atoms with E-state index in [1.807, 2.05) is 0 Å². The lowest BCUT2D eigenvalue weighted by atomic mass is 9.47. The van der Waals surface area contributed by atoms with Crippen LogP contribution >= 0.6 is 11.8 Å². The first kappa shape index (κ1) is 35.6. The van der Waals surface area contributed by atoms with Crippen LogP contribution in [0.15, 0.2) is 0 Å². The van der Waals surface area contributed by atoms with Crippen molar-refractivity contribution in [1.29, 1.82) is 0 Å². The van der Waals surface area contributed by atoms with E-state index in [-0.39, 0.29) is 18.8 Å². The van der Waals surface area contributed by atoms with E-state index in [1.54, 1.807) is 20.8 Å². The fraction of sp³-hybridized carbons (Fsp3) is 0.900. The highest BCUT2D eigenvalue weighted by Gasteiger charge is 2.75. The summed E-state index contributed by atoms with van der Waals surface area (Å²) in [4.78, 5) is 43.1. The molecule has 0 aromatic rings. The van der Waals surface area contributed by atoms with Crippen molar-refractivity contribution >= 4 is 39.7 Å². The van der Waals surface area contributed by atoms with Gasteiger partial charge in [-0.3, -0.25) is 18.9 Å². The number of ether oxygens (including phenoxy) is 4. The number of nitrogens with zero attached hydrogens (tertiary/aromatic N) is 1. The molecule has 9 unspecified atom stereocenters. The average Bonchev–Trinajstić information content (AvgIpc) is 3.56. The van der Waals surface area contributed by atoms with Gasteiger partial charge in [0.1, 0.15) is 19.3 Å². The minimum Gasteiger partial charge on any atom is -0.458 e. The third-order valence-electron chi connectivity index (χ3n) is 11.8. The predicted molar refractivity (Wildman–Crippen MR) is 155 cm³/mol. The molecule has 0 radical (unpaired) electrons. The topological polar surface area (TPSA) is 146 Å². The van der Waals surface area contributed by atoms with E-state index in [1.165, 1.54) is 16.7 Å². The second-order valence-electron chi connectivity index (χ2n) is 15.8. The van der Waals surface area contributed by atoms with Crippen molar-refractivity contribution in [3.8, 4) is 0 Å². The van der Waals surface area contributed by atoms with Crippen molar-refractivity contribution in [2.75, 3.05) is 13.2 Å². The summed E-state index contributed by atoms with van der Waals surface area (Å²) in [5.74, 6) is -16.9. The van der Waals surface area contributed by atoms with Crippen molar-refractivity contribution in [2.45, 2.75) is 117 Å². The number of alkyl halides is 6. The molecule has 8 fully saturated rings. The third kappa shape index (κ3) is 4.93. The SMILES string of the molecule is CC(OC(=O)C1C2SC3C1C(=O)N(C(C)(C)C)C3C2OC(=O)C12CC3CC(C1)C1(OCC(F)(F)C(F)(F)CO1)C(C3)C2)C(F)(F)S(=O)(=O)O. The Bertz CT molecular complexity index is 1540. The lowest BCUT2D eigenvalue weighted by molar-refractivity contribution is -0.346. The standard InChI is InChI=1S/C30H37F6NO10S2/c1-12(30(35,36)49(41,42)43)46-23(39)17-16-20-18(37(22(16)38)25(2,3)4)19(21(17)48-20)47-24(40)26-7-13-5-14(8-26)29(15(6-13)9-26)44-10-27(31,32)28(33,34)11-45-29/h12-21H,5-11H2,1-4H3,(H,41,42,43). The molecule has 9 atom stereocenters. The number of likely N-dealkylation sites (tertiary alicyclic amines) is 1. The van der Waals surface area contributed by atoms with E-state index in [2.05, 4.69) is 0 Å². The van der Waals surface area contributed by atoms with E-state index in [4.69, 9.17) is 23.5 Å². The van der Waals surface area contributed by atoms with E-state index < -0.39 is 127 Å². The maximum absolute atomic E-state index is 14.3. The Morgan fingerprint density at radius 2 is 1.55 bits per heavy atom. The van der Waals surface area contributed by atoms with E-state index in [9.17, 15) is 49.1 Å².